The van der Waals surface area contributed by atoms with Crippen LogP contribution in [0.4, 0.5) is 0 Å². The Bertz CT molecular complexity index is 691. The highest BCUT2D eigenvalue weighted by atomic mass is 35.5. The number of aliphatic hydroxyl groups excluding tert-OH is 2. The molecule has 24 heavy (non-hydrogen) atoms. The fraction of sp³-hybridized carbons (Fsp3) is 0.375. The number of Topliss-reactive ketones (excluding diaryl/α,β-unsaturated/α-hetero) is 1. The van der Waals surface area contributed by atoms with Gasteiger partial charge in [0.05, 0.1) is 18.2 Å². The van der Waals surface area contributed by atoms with Crippen molar-refractivity contribution in [2.24, 2.45) is 0 Å². The molecule has 0 radical (unpaired) electrons. The molecule has 2 rings (SSSR count). The normalized spacial score (nSPS) is 17.8. The van der Waals surface area contributed by atoms with Gasteiger partial charge in [0.25, 0.3) is 5.91 Å². The van der Waals surface area contributed by atoms with E-state index in [2.05, 4.69) is 5.32 Å². The van der Waals surface area contributed by atoms with Gasteiger partial charge in [-0.2, -0.15) is 0 Å². The van der Waals surface area contributed by atoms with Crippen molar-refractivity contribution in [2.45, 2.75) is 13.0 Å². The number of nitrogens with zero attached hydrogens (tertiary/aromatic N) is 1. The van der Waals surface area contributed by atoms with E-state index in [0.29, 0.717) is 28.7 Å². The third kappa shape index (κ3) is 3.72. The summed E-state index contributed by atoms with van der Waals surface area (Å²) in [5.41, 5.74) is 0.539. The number of ketones is 1. The van der Waals surface area contributed by atoms with E-state index in [-0.39, 0.29) is 18.7 Å². The second-order valence-corrected chi connectivity index (χ2v) is 6.20. The van der Waals surface area contributed by atoms with Crippen molar-refractivity contribution < 1.29 is 19.8 Å². The Morgan fingerprint density at radius 3 is 2.62 bits per heavy atom. The average Bonchev–Trinajstić information content (AvgIpc) is 2.76. The summed E-state index contributed by atoms with van der Waals surface area (Å²) in [6.45, 7) is 2.29. The van der Waals surface area contributed by atoms with Gasteiger partial charge in [-0.25, -0.2) is 0 Å². The smallest absolute Gasteiger partial charge is 0.290 e. The van der Waals surface area contributed by atoms with Gasteiger partial charge in [-0.15, -0.1) is 0 Å². The molecule has 0 spiro atoms. The van der Waals surface area contributed by atoms with Crippen molar-refractivity contribution >= 4 is 34.9 Å². The van der Waals surface area contributed by atoms with Crippen LogP contribution in [0.3, 0.4) is 0 Å². The van der Waals surface area contributed by atoms with Crippen molar-refractivity contribution in [1.29, 1.82) is 0 Å². The minimum atomic E-state index is -0.768. The van der Waals surface area contributed by atoms with E-state index in [4.69, 9.17) is 28.3 Å². The predicted octanol–water partition coefficient (Wildman–Crippen LogP) is 1.86. The van der Waals surface area contributed by atoms with Crippen molar-refractivity contribution in [2.75, 3.05) is 26.2 Å². The first-order valence-corrected chi connectivity index (χ1v) is 8.15. The summed E-state index contributed by atoms with van der Waals surface area (Å²) in [5, 5.41) is 22.6. The monoisotopic (exact) mass is 372 g/mol. The van der Waals surface area contributed by atoms with Crippen molar-refractivity contribution in [3.8, 4) is 0 Å². The van der Waals surface area contributed by atoms with Crippen molar-refractivity contribution in [3.63, 3.8) is 0 Å². The van der Waals surface area contributed by atoms with E-state index in [1.54, 1.807) is 12.1 Å². The summed E-state index contributed by atoms with van der Waals surface area (Å²) in [6, 6.07) is 4.01. The van der Waals surface area contributed by atoms with Crippen LogP contribution in [0.1, 0.15) is 18.5 Å². The Morgan fingerprint density at radius 1 is 1.33 bits per heavy atom. The van der Waals surface area contributed by atoms with Gasteiger partial charge < -0.3 is 20.4 Å². The molecule has 0 bridgehead atoms. The molecule has 0 saturated carbocycles. The molecule has 0 unspecified atom stereocenters. The van der Waals surface area contributed by atoms with Crippen LogP contribution in [0.15, 0.2) is 29.5 Å². The van der Waals surface area contributed by atoms with Crippen LogP contribution in [-0.4, -0.2) is 53.0 Å². The molecule has 1 atom stereocenters. The minimum absolute atomic E-state index is 0.0198. The fourth-order valence-corrected chi connectivity index (χ4v) is 3.21. The lowest BCUT2D eigenvalue weighted by atomic mass is 9.96. The highest BCUT2D eigenvalue weighted by molar-refractivity contribution is 6.35. The third-order valence-electron chi connectivity index (χ3n) is 3.76. The zero-order chi connectivity index (χ0) is 17.9. The standard InChI is InChI=1S/C16H18Cl2N2O4/c1-9(22)13-14(11-3-2-10(17)8-12(11)18)20(16(24)15(13)23)6-4-19-5-7-21/h2-3,8,14,19,21,23H,4-7H2,1H3/t14-/m1/s1. The van der Waals surface area contributed by atoms with Crippen molar-refractivity contribution in [1.82, 2.24) is 10.2 Å². The number of rotatable bonds is 7. The molecule has 0 aromatic heterocycles. The molecule has 6 nitrogen and oxygen atoms in total. The van der Waals surface area contributed by atoms with E-state index in [9.17, 15) is 14.7 Å². The van der Waals surface area contributed by atoms with Gasteiger partial charge in [-0.3, -0.25) is 9.59 Å². The van der Waals surface area contributed by atoms with Crippen LogP contribution in [0.2, 0.25) is 10.0 Å². The second kappa shape index (κ2) is 7.98. The summed E-state index contributed by atoms with van der Waals surface area (Å²) in [6.07, 6.45) is 0. The van der Waals surface area contributed by atoms with Crippen LogP contribution in [0.5, 0.6) is 0 Å². The lowest BCUT2D eigenvalue weighted by Gasteiger charge is -2.27. The van der Waals surface area contributed by atoms with Crippen LogP contribution >= 0.6 is 23.2 Å². The van der Waals surface area contributed by atoms with Gasteiger partial charge in [0, 0.05) is 29.7 Å². The van der Waals surface area contributed by atoms with Gasteiger partial charge in [0.2, 0.25) is 0 Å². The molecule has 130 valence electrons. The molecule has 1 amide bonds. The van der Waals surface area contributed by atoms with E-state index < -0.39 is 23.5 Å². The molecule has 1 aromatic rings. The molecule has 3 N–H and O–H groups in total. The topological polar surface area (TPSA) is 89.9 Å². The number of hydrogen-bond donors (Lipinski definition) is 3. The zero-order valence-corrected chi connectivity index (χ0v) is 14.6. The number of nitrogens with one attached hydrogen (secondary N) is 1. The summed E-state index contributed by atoms with van der Waals surface area (Å²) in [5.74, 6) is -1.58. The Kier molecular flexibility index (Phi) is 6.23. The number of aliphatic hydroxyl groups is 2. The SMILES string of the molecule is CC(=O)C1=C(O)C(=O)N(CCNCCO)[C@@H]1c1ccc(Cl)cc1Cl. The Morgan fingerprint density at radius 2 is 2.04 bits per heavy atom. The number of halogens is 2. The van der Waals surface area contributed by atoms with Gasteiger partial charge >= 0.3 is 0 Å². The first kappa shape index (κ1) is 18.7. The summed E-state index contributed by atoms with van der Waals surface area (Å²) in [7, 11) is 0. The second-order valence-electron chi connectivity index (χ2n) is 5.36. The molecule has 1 aromatic carbocycles. The van der Waals surface area contributed by atoms with E-state index in [0.717, 1.165) is 0 Å². The largest absolute Gasteiger partial charge is 0.503 e. The van der Waals surface area contributed by atoms with Gasteiger partial charge in [0.1, 0.15) is 0 Å². The fourth-order valence-electron chi connectivity index (χ4n) is 2.69. The van der Waals surface area contributed by atoms with E-state index >= 15 is 0 Å². The summed E-state index contributed by atoms with van der Waals surface area (Å²) >= 11 is 12.1. The Labute approximate surface area is 149 Å². The highest BCUT2D eigenvalue weighted by Gasteiger charge is 2.42. The van der Waals surface area contributed by atoms with E-state index in [1.807, 2.05) is 0 Å². The van der Waals surface area contributed by atoms with Crippen LogP contribution in [-0.2, 0) is 9.59 Å². The Balaban J connectivity index is 2.39. The van der Waals surface area contributed by atoms with E-state index in [1.165, 1.54) is 17.9 Å². The van der Waals surface area contributed by atoms with Gasteiger partial charge in [0.15, 0.2) is 11.5 Å². The number of carbonyl (C=O) groups excluding carboxylic acids is 2. The maximum Gasteiger partial charge on any atom is 0.290 e. The predicted molar refractivity (Wildman–Crippen MR) is 91.2 cm³/mol. The molecule has 8 heteroatoms. The lowest BCUT2D eigenvalue weighted by molar-refractivity contribution is -0.129. The van der Waals surface area contributed by atoms with Crippen molar-refractivity contribution in [3.05, 3.63) is 45.1 Å². The maximum absolute atomic E-state index is 12.4. The summed E-state index contributed by atoms with van der Waals surface area (Å²) < 4.78 is 0. The summed E-state index contributed by atoms with van der Waals surface area (Å²) in [4.78, 5) is 25.7. The van der Waals surface area contributed by atoms with Crippen LogP contribution in [0.25, 0.3) is 0 Å². The minimum Gasteiger partial charge on any atom is -0.503 e. The van der Waals surface area contributed by atoms with Gasteiger partial charge in [-0.1, -0.05) is 29.3 Å². The first-order chi connectivity index (χ1) is 11.4. The molecule has 0 fully saturated rings. The Hall–Kier alpha value is -1.60. The highest BCUT2D eigenvalue weighted by Crippen LogP contribution is 2.40. The molecule has 1 aliphatic heterocycles. The quantitative estimate of drug-likeness (QED) is 0.635. The third-order valence-corrected chi connectivity index (χ3v) is 4.32. The average molecular weight is 373 g/mol. The molecule has 0 saturated heterocycles. The van der Waals surface area contributed by atoms with Gasteiger partial charge in [-0.05, 0) is 24.6 Å². The van der Waals surface area contributed by atoms with Crippen LogP contribution < -0.4 is 5.32 Å². The zero-order valence-electron chi connectivity index (χ0n) is 13.1. The molecule has 0 aliphatic carbocycles. The first-order valence-electron chi connectivity index (χ1n) is 7.40. The molecular formula is C16H18Cl2N2O4. The number of benzene rings is 1. The number of hydrogen-bond acceptors (Lipinski definition) is 5. The molecular weight excluding hydrogens is 355 g/mol. The number of carbonyl (C=O) groups is 2. The lowest BCUT2D eigenvalue weighted by Crippen LogP contribution is -2.37. The molecule has 1 heterocycles. The number of amides is 1. The molecule has 1 aliphatic rings. The maximum atomic E-state index is 12.4. The van der Waals surface area contributed by atoms with Crippen LogP contribution in [0, 0.1) is 0 Å².